The molecule has 0 radical (unpaired) electrons. The number of pyridine rings is 1. The molecule has 3 nitrogen and oxygen atoms in total. The van der Waals surface area contributed by atoms with Crippen LogP contribution in [0, 0.1) is 0 Å². The van der Waals surface area contributed by atoms with Crippen LogP contribution < -0.4 is 5.32 Å². The van der Waals surface area contributed by atoms with Crippen molar-refractivity contribution in [3.05, 3.63) is 57.5 Å². The summed E-state index contributed by atoms with van der Waals surface area (Å²) in [6.45, 7) is 0. The maximum absolute atomic E-state index is 12.7. The van der Waals surface area contributed by atoms with Crippen LogP contribution in [0.2, 0.25) is 10.0 Å². The molecule has 1 aromatic carbocycles. The SMILES string of the molecule is FC(F)(F)c1cnc(-c2csc(Nc3ccccc3Cl)n2)c(Cl)c1. The summed E-state index contributed by atoms with van der Waals surface area (Å²) in [4.78, 5) is 8.08. The minimum Gasteiger partial charge on any atom is -0.330 e. The van der Waals surface area contributed by atoms with Gasteiger partial charge in [-0.25, -0.2) is 4.98 Å². The molecule has 0 aliphatic heterocycles. The van der Waals surface area contributed by atoms with E-state index in [1.54, 1.807) is 23.6 Å². The third-order valence-corrected chi connectivity index (χ3v) is 4.41. The number of para-hydroxylation sites is 1. The molecule has 0 atom stereocenters. The molecule has 124 valence electrons. The van der Waals surface area contributed by atoms with Crippen LogP contribution in [0.25, 0.3) is 11.4 Å². The smallest absolute Gasteiger partial charge is 0.330 e. The average Bonchev–Trinajstić information content (AvgIpc) is 2.97. The van der Waals surface area contributed by atoms with Gasteiger partial charge in [0.2, 0.25) is 0 Å². The summed E-state index contributed by atoms with van der Waals surface area (Å²) >= 11 is 13.2. The molecule has 0 aliphatic carbocycles. The number of anilines is 2. The first kappa shape index (κ1) is 17.0. The third-order valence-electron chi connectivity index (χ3n) is 3.03. The van der Waals surface area contributed by atoms with Gasteiger partial charge in [0.15, 0.2) is 5.13 Å². The van der Waals surface area contributed by atoms with Crippen LogP contribution in [0.1, 0.15) is 5.56 Å². The molecular formula is C15H8Cl2F3N3S. The molecule has 0 saturated heterocycles. The van der Waals surface area contributed by atoms with Crippen molar-refractivity contribution in [1.29, 1.82) is 0 Å². The fourth-order valence-corrected chi connectivity index (χ4v) is 3.05. The van der Waals surface area contributed by atoms with E-state index in [1.165, 1.54) is 11.3 Å². The molecule has 1 N–H and O–H groups in total. The molecule has 0 bridgehead atoms. The Morgan fingerprint density at radius 1 is 1.08 bits per heavy atom. The van der Waals surface area contributed by atoms with E-state index < -0.39 is 11.7 Å². The minimum atomic E-state index is -4.49. The number of halogens is 5. The van der Waals surface area contributed by atoms with Crippen molar-refractivity contribution in [2.45, 2.75) is 6.18 Å². The van der Waals surface area contributed by atoms with Crippen molar-refractivity contribution in [2.75, 3.05) is 5.32 Å². The van der Waals surface area contributed by atoms with Crippen molar-refractivity contribution >= 4 is 45.4 Å². The second-order valence-corrected chi connectivity index (χ2v) is 6.37. The van der Waals surface area contributed by atoms with Crippen molar-refractivity contribution in [3.63, 3.8) is 0 Å². The van der Waals surface area contributed by atoms with Gasteiger partial charge in [0.05, 0.1) is 21.3 Å². The highest BCUT2D eigenvalue weighted by Gasteiger charge is 2.31. The van der Waals surface area contributed by atoms with E-state index in [4.69, 9.17) is 23.2 Å². The molecule has 24 heavy (non-hydrogen) atoms. The zero-order chi connectivity index (χ0) is 17.3. The number of alkyl halides is 3. The number of thiazole rings is 1. The van der Waals surface area contributed by atoms with Gasteiger partial charge >= 0.3 is 6.18 Å². The Morgan fingerprint density at radius 3 is 2.50 bits per heavy atom. The number of nitrogens with zero attached hydrogens (tertiary/aromatic N) is 2. The molecule has 0 saturated carbocycles. The van der Waals surface area contributed by atoms with Gasteiger partial charge in [0, 0.05) is 11.6 Å². The number of benzene rings is 1. The van der Waals surface area contributed by atoms with E-state index >= 15 is 0 Å². The molecule has 0 unspecified atom stereocenters. The molecular weight excluding hydrogens is 382 g/mol. The zero-order valence-corrected chi connectivity index (χ0v) is 14.1. The molecule has 0 fully saturated rings. The Balaban J connectivity index is 1.87. The van der Waals surface area contributed by atoms with E-state index in [9.17, 15) is 13.2 Å². The van der Waals surface area contributed by atoms with Gasteiger partial charge in [-0.05, 0) is 18.2 Å². The molecule has 0 spiro atoms. The molecule has 9 heteroatoms. The number of hydrogen-bond donors (Lipinski definition) is 1. The lowest BCUT2D eigenvalue weighted by atomic mass is 10.2. The summed E-state index contributed by atoms with van der Waals surface area (Å²) in [7, 11) is 0. The standard InChI is InChI=1S/C15H8Cl2F3N3S/c16-9-3-1-2-4-11(9)22-14-23-12(7-24-14)13-10(17)5-8(6-21-13)15(18,19)20/h1-7H,(H,22,23). The molecule has 3 aromatic rings. The van der Waals surface area contributed by atoms with Gasteiger partial charge in [-0.3, -0.25) is 4.98 Å². The highest BCUT2D eigenvalue weighted by molar-refractivity contribution is 7.14. The first-order valence-electron chi connectivity index (χ1n) is 6.55. The molecule has 0 amide bonds. The van der Waals surface area contributed by atoms with E-state index in [2.05, 4.69) is 15.3 Å². The van der Waals surface area contributed by atoms with Gasteiger partial charge in [-0.15, -0.1) is 11.3 Å². The van der Waals surface area contributed by atoms with Crippen molar-refractivity contribution < 1.29 is 13.2 Å². The Labute approximate surface area is 149 Å². The van der Waals surface area contributed by atoms with Gasteiger partial charge in [-0.2, -0.15) is 13.2 Å². The Hall–Kier alpha value is -1.83. The fraction of sp³-hybridized carbons (Fsp3) is 0.0667. The first-order valence-corrected chi connectivity index (χ1v) is 8.18. The highest BCUT2D eigenvalue weighted by Crippen LogP contribution is 2.35. The molecule has 3 rings (SSSR count). The average molecular weight is 390 g/mol. The summed E-state index contributed by atoms with van der Waals surface area (Å²) in [5.41, 5.74) is 0.342. The summed E-state index contributed by atoms with van der Waals surface area (Å²) in [5, 5.41) is 5.64. The number of aromatic nitrogens is 2. The summed E-state index contributed by atoms with van der Waals surface area (Å²) in [6.07, 6.45) is -3.75. The monoisotopic (exact) mass is 389 g/mol. The van der Waals surface area contributed by atoms with Gasteiger partial charge in [0.25, 0.3) is 0 Å². The Kier molecular flexibility index (Phi) is 4.67. The highest BCUT2D eigenvalue weighted by atomic mass is 35.5. The third kappa shape index (κ3) is 3.63. The van der Waals surface area contributed by atoms with Crippen LogP contribution in [-0.2, 0) is 6.18 Å². The van der Waals surface area contributed by atoms with E-state index in [0.717, 1.165) is 12.3 Å². The van der Waals surface area contributed by atoms with E-state index in [0.29, 0.717) is 21.5 Å². The largest absolute Gasteiger partial charge is 0.417 e. The van der Waals surface area contributed by atoms with Crippen LogP contribution in [0.3, 0.4) is 0 Å². The number of hydrogen-bond acceptors (Lipinski definition) is 4. The van der Waals surface area contributed by atoms with Crippen LogP contribution >= 0.6 is 34.5 Å². The topological polar surface area (TPSA) is 37.8 Å². The second kappa shape index (κ2) is 6.58. The number of nitrogens with one attached hydrogen (secondary N) is 1. The minimum absolute atomic E-state index is 0.112. The summed E-state index contributed by atoms with van der Waals surface area (Å²) in [6, 6.07) is 7.97. The van der Waals surface area contributed by atoms with Gasteiger partial charge < -0.3 is 5.32 Å². The summed E-state index contributed by atoms with van der Waals surface area (Å²) in [5.74, 6) is 0. The maximum atomic E-state index is 12.7. The predicted molar refractivity (Wildman–Crippen MR) is 90.1 cm³/mol. The second-order valence-electron chi connectivity index (χ2n) is 4.69. The number of rotatable bonds is 3. The molecule has 2 heterocycles. The quantitative estimate of drug-likeness (QED) is 0.573. The molecule has 2 aromatic heterocycles. The normalized spacial score (nSPS) is 11.5. The van der Waals surface area contributed by atoms with E-state index in [1.807, 2.05) is 6.07 Å². The predicted octanol–water partition coefficient (Wildman–Crippen LogP) is 6.27. The zero-order valence-electron chi connectivity index (χ0n) is 11.7. The lowest BCUT2D eigenvalue weighted by molar-refractivity contribution is -0.137. The Bertz CT molecular complexity index is 880. The van der Waals surface area contributed by atoms with Crippen LogP contribution in [0.5, 0.6) is 0 Å². The van der Waals surface area contributed by atoms with Crippen molar-refractivity contribution in [1.82, 2.24) is 9.97 Å². The van der Waals surface area contributed by atoms with Gasteiger partial charge in [0.1, 0.15) is 11.4 Å². The lowest BCUT2D eigenvalue weighted by Crippen LogP contribution is -2.05. The van der Waals surface area contributed by atoms with Crippen molar-refractivity contribution in [2.24, 2.45) is 0 Å². The van der Waals surface area contributed by atoms with E-state index in [-0.39, 0.29) is 10.7 Å². The fourth-order valence-electron chi connectivity index (χ4n) is 1.90. The Morgan fingerprint density at radius 2 is 1.83 bits per heavy atom. The maximum Gasteiger partial charge on any atom is 0.417 e. The summed E-state index contributed by atoms with van der Waals surface area (Å²) < 4.78 is 38.0. The van der Waals surface area contributed by atoms with Gasteiger partial charge in [-0.1, -0.05) is 35.3 Å². The van der Waals surface area contributed by atoms with Crippen LogP contribution in [0.4, 0.5) is 24.0 Å². The van der Waals surface area contributed by atoms with Crippen LogP contribution in [0.15, 0.2) is 41.9 Å². The first-order chi connectivity index (χ1) is 11.3. The lowest BCUT2D eigenvalue weighted by Gasteiger charge is -2.08. The molecule has 0 aliphatic rings. The van der Waals surface area contributed by atoms with Crippen molar-refractivity contribution in [3.8, 4) is 11.4 Å². The van der Waals surface area contributed by atoms with Crippen LogP contribution in [-0.4, -0.2) is 9.97 Å².